The Balaban J connectivity index is 2.28. The first-order valence-electron chi connectivity index (χ1n) is 4.34. The maximum absolute atomic E-state index is 11.2. The van der Waals surface area contributed by atoms with Crippen molar-refractivity contribution >= 4 is 5.91 Å². The van der Waals surface area contributed by atoms with Gasteiger partial charge in [-0.3, -0.25) is 9.80 Å². The van der Waals surface area contributed by atoms with Crippen LogP contribution in [0.1, 0.15) is 26.7 Å². The van der Waals surface area contributed by atoms with E-state index in [0.717, 1.165) is 0 Å². The topological polar surface area (TPSA) is 52.6 Å². The minimum absolute atomic E-state index is 0.128. The first-order valence-corrected chi connectivity index (χ1v) is 4.34. The van der Waals surface area contributed by atoms with Crippen LogP contribution in [0.4, 0.5) is 0 Å². The van der Waals surface area contributed by atoms with Crippen molar-refractivity contribution in [3.8, 4) is 0 Å². The van der Waals surface area contributed by atoms with E-state index >= 15 is 0 Å². The van der Waals surface area contributed by atoms with Crippen LogP contribution in [0.15, 0.2) is 0 Å². The fourth-order valence-electron chi connectivity index (χ4n) is 1.26. The van der Waals surface area contributed by atoms with E-state index in [1.807, 2.05) is 6.92 Å². The van der Waals surface area contributed by atoms with Crippen molar-refractivity contribution in [1.82, 2.24) is 10.4 Å². The second-order valence-corrected chi connectivity index (χ2v) is 3.42. The van der Waals surface area contributed by atoms with E-state index in [1.165, 1.54) is 0 Å². The van der Waals surface area contributed by atoms with Crippen molar-refractivity contribution in [2.75, 3.05) is 6.54 Å². The lowest BCUT2D eigenvalue weighted by molar-refractivity contribution is -0.129. The molecule has 2 N–H and O–H groups in total. The van der Waals surface area contributed by atoms with Crippen LogP contribution in [0.25, 0.3) is 0 Å². The summed E-state index contributed by atoms with van der Waals surface area (Å²) in [4.78, 5) is 11.2. The highest BCUT2D eigenvalue weighted by molar-refractivity contribution is 5.78. The molecule has 0 aromatic heterocycles. The van der Waals surface area contributed by atoms with Crippen molar-refractivity contribution in [2.45, 2.75) is 38.8 Å². The van der Waals surface area contributed by atoms with E-state index in [2.05, 4.69) is 5.43 Å². The van der Waals surface area contributed by atoms with Crippen LogP contribution in [0.5, 0.6) is 0 Å². The summed E-state index contributed by atoms with van der Waals surface area (Å²) in [6.07, 6.45) is 0.862. The summed E-state index contributed by atoms with van der Waals surface area (Å²) >= 11 is 0. The molecule has 0 spiro atoms. The van der Waals surface area contributed by atoms with Crippen LogP contribution in [0.3, 0.4) is 0 Å². The molecule has 1 saturated heterocycles. The van der Waals surface area contributed by atoms with Crippen LogP contribution < -0.4 is 5.43 Å². The van der Waals surface area contributed by atoms with Gasteiger partial charge < -0.3 is 5.11 Å². The summed E-state index contributed by atoms with van der Waals surface area (Å²) in [7, 11) is 0. The highest BCUT2D eigenvalue weighted by Gasteiger charge is 2.25. The molecule has 1 aliphatic rings. The lowest BCUT2D eigenvalue weighted by Crippen LogP contribution is -2.38. The molecule has 0 aromatic carbocycles. The Bertz CT molecular complexity index is 170. The fourth-order valence-corrected chi connectivity index (χ4v) is 1.26. The molecule has 1 fully saturated rings. The van der Waals surface area contributed by atoms with Gasteiger partial charge in [0.2, 0.25) is 5.91 Å². The van der Waals surface area contributed by atoms with Crippen molar-refractivity contribution < 1.29 is 9.90 Å². The van der Waals surface area contributed by atoms with E-state index in [9.17, 15) is 4.79 Å². The van der Waals surface area contributed by atoms with E-state index in [0.29, 0.717) is 19.4 Å². The average molecular weight is 172 g/mol. The minimum Gasteiger partial charge on any atom is -0.393 e. The van der Waals surface area contributed by atoms with Crippen LogP contribution in [-0.2, 0) is 4.79 Å². The van der Waals surface area contributed by atoms with E-state index in [-0.39, 0.29) is 18.1 Å². The zero-order valence-electron chi connectivity index (χ0n) is 7.58. The first kappa shape index (κ1) is 9.48. The maximum Gasteiger partial charge on any atom is 0.238 e. The van der Waals surface area contributed by atoms with Crippen molar-refractivity contribution in [3.63, 3.8) is 0 Å². The maximum atomic E-state index is 11.2. The summed E-state index contributed by atoms with van der Waals surface area (Å²) in [6.45, 7) is 4.30. The van der Waals surface area contributed by atoms with E-state index in [1.54, 1.807) is 11.9 Å². The lowest BCUT2D eigenvalue weighted by Gasteiger charge is -2.17. The molecule has 0 aromatic rings. The second-order valence-electron chi connectivity index (χ2n) is 3.42. The molecule has 2 unspecified atom stereocenters. The Morgan fingerprint density at radius 1 is 1.83 bits per heavy atom. The van der Waals surface area contributed by atoms with Crippen LogP contribution >= 0.6 is 0 Å². The average Bonchev–Trinajstić information content (AvgIpc) is 2.26. The third-order valence-corrected chi connectivity index (χ3v) is 1.93. The summed E-state index contributed by atoms with van der Waals surface area (Å²) in [5.74, 6) is 0.128. The normalized spacial score (nSPS) is 26.4. The number of nitrogens with one attached hydrogen (secondary N) is 1. The van der Waals surface area contributed by atoms with Gasteiger partial charge in [0.05, 0.1) is 6.10 Å². The Hall–Kier alpha value is -0.610. The Morgan fingerprint density at radius 2 is 2.50 bits per heavy atom. The van der Waals surface area contributed by atoms with E-state index in [4.69, 9.17) is 5.11 Å². The molecule has 2 atom stereocenters. The van der Waals surface area contributed by atoms with Gasteiger partial charge >= 0.3 is 0 Å². The smallest absolute Gasteiger partial charge is 0.238 e. The van der Waals surface area contributed by atoms with Gasteiger partial charge in [-0.1, -0.05) is 0 Å². The fraction of sp³-hybridized carbons (Fsp3) is 0.875. The first-order chi connectivity index (χ1) is 5.59. The van der Waals surface area contributed by atoms with Gasteiger partial charge in [-0.15, -0.1) is 0 Å². The number of aliphatic hydroxyl groups excluding tert-OH is 1. The number of carbonyl (C=O) groups excluding carboxylic acids is 1. The molecular formula is C8H16N2O2. The molecule has 4 nitrogen and oxygen atoms in total. The molecule has 1 aliphatic heterocycles. The Labute approximate surface area is 72.5 Å². The number of hydrazine groups is 1. The number of nitrogens with zero attached hydrogens (tertiary/aromatic N) is 1. The number of aliphatic hydroxyl groups is 1. The van der Waals surface area contributed by atoms with Gasteiger partial charge in [-0.25, -0.2) is 5.43 Å². The minimum atomic E-state index is -0.337. The zero-order chi connectivity index (χ0) is 9.14. The molecule has 0 saturated carbocycles. The highest BCUT2D eigenvalue weighted by atomic mass is 16.3. The summed E-state index contributed by atoms with van der Waals surface area (Å²) < 4.78 is 0. The predicted octanol–water partition coefficient (Wildman–Crippen LogP) is -0.117. The molecule has 0 radical (unpaired) electrons. The molecule has 1 amide bonds. The number of amides is 1. The van der Waals surface area contributed by atoms with Crippen LogP contribution in [0.2, 0.25) is 0 Å². The molecule has 12 heavy (non-hydrogen) atoms. The van der Waals surface area contributed by atoms with Gasteiger partial charge in [0.15, 0.2) is 0 Å². The van der Waals surface area contributed by atoms with Crippen molar-refractivity contribution in [2.24, 2.45) is 0 Å². The Morgan fingerprint density at radius 3 is 2.92 bits per heavy atom. The largest absolute Gasteiger partial charge is 0.393 e. The third kappa shape index (κ3) is 2.46. The van der Waals surface area contributed by atoms with Gasteiger partial charge in [-0.05, 0) is 20.3 Å². The summed E-state index contributed by atoms with van der Waals surface area (Å²) in [6, 6.07) is 0.242. The summed E-state index contributed by atoms with van der Waals surface area (Å²) in [5, 5.41) is 10.6. The monoisotopic (exact) mass is 172 g/mol. The van der Waals surface area contributed by atoms with Crippen LogP contribution in [-0.4, -0.2) is 34.7 Å². The highest BCUT2D eigenvalue weighted by Crippen LogP contribution is 2.07. The van der Waals surface area contributed by atoms with Gasteiger partial charge in [-0.2, -0.15) is 0 Å². The predicted molar refractivity (Wildman–Crippen MR) is 45.2 cm³/mol. The van der Waals surface area contributed by atoms with Gasteiger partial charge in [0, 0.05) is 19.0 Å². The zero-order valence-corrected chi connectivity index (χ0v) is 7.58. The number of rotatable bonds is 3. The van der Waals surface area contributed by atoms with Crippen molar-refractivity contribution in [1.29, 1.82) is 0 Å². The molecule has 0 bridgehead atoms. The summed E-state index contributed by atoms with van der Waals surface area (Å²) in [5.41, 5.74) is 3.03. The standard InChI is InChI=1S/C8H16N2O2/c1-6-5-8(12)10(9-6)4-3-7(2)11/h6-7,9,11H,3-5H2,1-2H3. The number of carbonyl (C=O) groups is 1. The quantitative estimate of drug-likeness (QED) is 0.624. The molecule has 70 valence electrons. The SMILES string of the molecule is CC(O)CCN1NC(C)CC1=O. The van der Waals surface area contributed by atoms with E-state index < -0.39 is 0 Å². The van der Waals surface area contributed by atoms with Crippen LogP contribution in [0, 0.1) is 0 Å². The Kier molecular flexibility index (Phi) is 3.05. The van der Waals surface area contributed by atoms with Gasteiger partial charge in [0.1, 0.15) is 0 Å². The molecule has 0 aliphatic carbocycles. The van der Waals surface area contributed by atoms with Crippen molar-refractivity contribution in [3.05, 3.63) is 0 Å². The second kappa shape index (κ2) is 3.87. The lowest BCUT2D eigenvalue weighted by atomic mass is 10.2. The van der Waals surface area contributed by atoms with Gasteiger partial charge in [0.25, 0.3) is 0 Å². The number of hydrogen-bond donors (Lipinski definition) is 2. The molecule has 4 heteroatoms. The molecule has 1 rings (SSSR count). The molecular weight excluding hydrogens is 156 g/mol. The molecule has 1 heterocycles. The third-order valence-electron chi connectivity index (χ3n) is 1.93. The number of hydrogen-bond acceptors (Lipinski definition) is 3.